The van der Waals surface area contributed by atoms with Crippen LogP contribution < -0.4 is 10.6 Å². The van der Waals surface area contributed by atoms with Crippen LogP contribution in [0.15, 0.2) is 59.6 Å². The number of hydrogen-bond acceptors (Lipinski definition) is 4. The molecular weight excluding hydrogens is 352 g/mol. The van der Waals surface area contributed by atoms with Gasteiger partial charge in [0.05, 0.1) is 19.8 Å². The number of rotatable bonds is 6. The standard InChI is InChI=1S/C22H28N4O2/c1-2-18-8-10-19(11-9-18)21(27)25-22(24-20-6-4-3-5-7-20)23-12-13-26-14-16-28-17-15-26/h3-11H,2,12-17H2,1H3,(H2,23,24,25,27). The van der Waals surface area contributed by atoms with Gasteiger partial charge in [-0.2, -0.15) is 0 Å². The summed E-state index contributed by atoms with van der Waals surface area (Å²) in [5.41, 5.74) is 2.71. The van der Waals surface area contributed by atoms with Crippen molar-refractivity contribution < 1.29 is 9.53 Å². The third-order valence-corrected chi connectivity index (χ3v) is 4.68. The first-order valence-corrected chi connectivity index (χ1v) is 9.81. The smallest absolute Gasteiger partial charge is 0.257 e. The zero-order valence-corrected chi connectivity index (χ0v) is 16.4. The van der Waals surface area contributed by atoms with Crippen LogP contribution in [-0.2, 0) is 11.2 Å². The van der Waals surface area contributed by atoms with Crippen molar-refractivity contribution >= 4 is 17.6 Å². The fourth-order valence-corrected chi connectivity index (χ4v) is 2.97. The summed E-state index contributed by atoms with van der Waals surface area (Å²) in [7, 11) is 0. The van der Waals surface area contributed by atoms with Crippen LogP contribution in [0, 0.1) is 0 Å². The number of anilines is 1. The summed E-state index contributed by atoms with van der Waals surface area (Å²) in [5, 5.41) is 6.13. The molecule has 2 aromatic carbocycles. The lowest BCUT2D eigenvalue weighted by Gasteiger charge is -2.25. The Labute approximate surface area is 166 Å². The van der Waals surface area contributed by atoms with E-state index < -0.39 is 0 Å². The third-order valence-electron chi connectivity index (χ3n) is 4.68. The number of carbonyl (C=O) groups is 1. The van der Waals surface area contributed by atoms with Crippen molar-refractivity contribution in [3.8, 4) is 0 Å². The molecule has 1 aliphatic rings. The number of para-hydroxylation sites is 1. The minimum atomic E-state index is -0.170. The van der Waals surface area contributed by atoms with Crippen LogP contribution in [-0.4, -0.2) is 56.2 Å². The normalized spacial score (nSPS) is 15.2. The highest BCUT2D eigenvalue weighted by atomic mass is 16.5. The summed E-state index contributed by atoms with van der Waals surface area (Å²) in [6, 6.07) is 17.4. The van der Waals surface area contributed by atoms with E-state index in [1.807, 2.05) is 54.6 Å². The molecule has 6 heteroatoms. The molecule has 0 aliphatic carbocycles. The second-order valence-electron chi connectivity index (χ2n) is 6.68. The molecule has 0 atom stereocenters. The fourth-order valence-electron chi connectivity index (χ4n) is 2.97. The molecule has 1 fully saturated rings. The number of hydrogen-bond donors (Lipinski definition) is 2. The van der Waals surface area contributed by atoms with Crippen LogP contribution in [0.25, 0.3) is 0 Å². The van der Waals surface area contributed by atoms with Crippen LogP contribution in [0.3, 0.4) is 0 Å². The molecule has 148 valence electrons. The summed E-state index contributed by atoms with van der Waals surface area (Å²) in [6.45, 7) is 6.92. The highest BCUT2D eigenvalue weighted by molar-refractivity contribution is 6.09. The van der Waals surface area contributed by atoms with E-state index in [-0.39, 0.29) is 5.91 Å². The van der Waals surface area contributed by atoms with E-state index in [2.05, 4.69) is 27.4 Å². The Morgan fingerprint density at radius 3 is 2.46 bits per heavy atom. The van der Waals surface area contributed by atoms with Gasteiger partial charge in [0.1, 0.15) is 0 Å². The summed E-state index contributed by atoms with van der Waals surface area (Å²) < 4.78 is 5.38. The van der Waals surface area contributed by atoms with Crippen molar-refractivity contribution in [3.63, 3.8) is 0 Å². The van der Waals surface area contributed by atoms with Crippen LogP contribution in [0.1, 0.15) is 22.8 Å². The number of nitrogens with zero attached hydrogens (tertiary/aromatic N) is 2. The minimum absolute atomic E-state index is 0.170. The van der Waals surface area contributed by atoms with Crippen molar-refractivity contribution in [3.05, 3.63) is 65.7 Å². The van der Waals surface area contributed by atoms with Gasteiger partial charge in [-0.25, -0.2) is 0 Å². The van der Waals surface area contributed by atoms with Crippen LogP contribution in [0.2, 0.25) is 0 Å². The second kappa shape index (κ2) is 10.6. The Bertz CT molecular complexity index is 769. The molecule has 1 saturated heterocycles. The Kier molecular flexibility index (Phi) is 7.58. The highest BCUT2D eigenvalue weighted by Crippen LogP contribution is 2.07. The zero-order valence-electron chi connectivity index (χ0n) is 16.4. The molecule has 3 rings (SSSR count). The molecule has 0 saturated carbocycles. The lowest BCUT2D eigenvalue weighted by Crippen LogP contribution is -2.39. The third kappa shape index (κ3) is 6.18. The molecule has 0 aromatic heterocycles. The quantitative estimate of drug-likeness (QED) is 0.597. The highest BCUT2D eigenvalue weighted by Gasteiger charge is 2.11. The number of ether oxygens (including phenoxy) is 1. The Balaban J connectivity index is 1.65. The first kappa shape index (κ1) is 20.0. The van der Waals surface area contributed by atoms with Crippen LogP contribution >= 0.6 is 0 Å². The Hall–Kier alpha value is -2.70. The molecule has 6 nitrogen and oxygen atoms in total. The van der Waals surface area contributed by atoms with E-state index >= 15 is 0 Å². The van der Waals surface area contributed by atoms with Crippen LogP contribution in [0.4, 0.5) is 5.69 Å². The molecule has 0 spiro atoms. The van der Waals surface area contributed by atoms with E-state index in [0.717, 1.165) is 45.0 Å². The molecule has 0 unspecified atom stereocenters. The molecule has 2 N–H and O–H groups in total. The van der Waals surface area contributed by atoms with Crippen LogP contribution in [0.5, 0.6) is 0 Å². The van der Waals surface area contributed by atoms with E-state index in [1.54, 1.807) is 0 Å². The maximum absolute atomic E-state index is 12.7. The van der Waals surface area contributed by atoms with Crippen molar-refractivity contribution in [2.75, 3.05) is 44.7 Å². The van der Waals surface area contributed by atoms with E-state index in [1.165, 1.54) is 5.56 Å². The Morgan fingerprint density at radius 1 is 1.07 bits per heavy atom. The van der Waals surface area contributed by atoms with Crippen molar-refractivity contribution in [2.24, 2.45) is 4.99 Å². The second-order valence-corrected chi connectivity index (χ2v) is 6.68. The van der Waals surface area contributed by atoms with Crippen molar-refractivity contribution in [2.45, 2.75) is 13.3 Å². The number of aryl methyl sites for hydroxylation is 1. The predicted molar refractivity (Wildman–Crippen MR) is 113 cm³/mol. The molecule has 1 aliphatic heterocycles. The molecule has 2 aromatic rings. The number of nitrogens with one attached hydrogen (secondary N) is 2. The van der Waals surface area contributed by atoms with Gasteiger partial charge < -0.3 is 10.1 Å². The zero-order chi connectivity index (χ0) is 19.6. The number of morpholine rings is 1. The molecule has 1 amide bonds. The van der Waals surface area contributed by atoms with Gasteiger partial charge in [-0.15, -0.1) is 0 Å². The SMILES string of the molecule is CCc1ccc(C(=O)NC(=NCCN2CCOCC2)Nc2ccccc2)cc1. The molecule has 1 heterocycles. The number of amides is 1. The summed E-state index contributed by atoms with van der Waals surface area (Å²) >= 11 is 0. The lowest BCUT2D eigenvalue weighted by atomic mass is 10.1. The van der Waals surface area contributed by atoms with Gasteiger partial charge in [-0.3, -0.25) is 20.0 Å². The van der Waals surface area contributed by atoms with Gasteiger partial charge in [0.15, 0.2) is 0 Å². The average molecular weight is 380 g/mol. The van der Waals surface area contributed by atoms with Crippen molar-refractivity contribution in [1.29, 1.82) is 0 Å². The number of carbonyl (C=O) groups excluding carboxylic acids is 1. The summed E-state index contributed by atoms with van der Waals surface area (Å²) in [5.74, 6) is 0.292. The van der Waals surface area contributed by atoms with E-state index in [0.29, 0.717) is 18.1 Å². The first-order valence-electron chi connectivity index (χ1n) is 9.81. The summed E-state index contributed by atoms with van der Waals surface area (Å²) in [6.07, 6.45) is 0.950. The van der Waals surface area contributed by atoms with E-state index in [9.17, 15) is 4.79 Å². The first-order chi connectivity index (χ1) is 13.7. The average Bonchev–Trinajstić information content (AvgIpc) is 2.75. The predicted octanol–water partition coefficient (Wildman–Crippen LogP) is 2.78. The maximum Gasteiger partial charge on any atom is 0.257 e. The number of benzene rings is 2. The number of guanidine groups is 1. The number of aliphatic imine (C=N–C) groups is 1. The van der Waals surface area contributed by atoms with Gasteiger partial charge in [-0.1, -0.05) is 37.3 Å². The lowest BCUT2D eigenvalue weighted by molar-refractivity contribution is 0.0394. The molecule has 0 radical (unpaired) electrons. The van der Waals surface area contributed by atoms with Crippen molar-refractivity contribution in [1.82, 2.24) is 10.2 Å². The minimum Gasteiger partial charge on any atom is -0.379 e. The van der Waals surface area contributed by atoms with Gasteiger partial charge >= 0.3 is 0 Å². The molecular formula is C22H28N4O2. The fraction of sp³-hybridized carbons (Fsp3) is 0.364. The topological polar surface area (TPSA) is 66.0 Å². The van der Waals surface area contributed by atoms with Gasteiger partial charge in [-0.05, 0) is 36.2 Å². The van der Waals surface area contributed by atoms with Gasteiger partial charge in [0.2, 0.25) is 5.96 Å². The van der Waals surface area contributed by atoms with Gasteiger partial charge in [0.25, 0.3) is 5.91 Å². The van der Waals surface area contributed by atoms with Gasteiger partial charge in [0, 0.05) is 30.9 Å². The molecule has 0 bridgehead atoms. The maximum atomic E-state index is 12.7. The largest absolute Gasteiger partial charge is 0.379 e. The molecule has 28 heavy (non-hydrogen) atoms. The monoisotopic (exact) mass is 380 g/mol. The van der Waals surface area contributed by atoms with E-state index in [4.69, 9.17) is 4.74 Å². The Morgan fingerprint density at radius 2 is 1.79 bits per heavy atom. The summed E-state index contributed by atoms with van der Waals surface area (Å²) in [4.78, 5) is 19.6.